The van der Waals surface area contributed by atoms with Crippen LogP contribution in [0, 0.1) is 5.92 Å². The number of carbonyl (C=O) groups is 1. The Hall–Kier alpha value is -3.13. The first-order valence-corrected chi connectivity index (χ1v) is 9.56. The second kappa shape index (κ2) is 6.45. The Morgan fingerprint density at radius 1 is 1.28 bits per heavy atom. The first kappa shape index (κ1) is 17.9. The maximum atomic E-state index is 13.4. The summed E-state index contributed by atoms with van der Waals surface area (Å²) < 4.78 is 17.3. The van der Waals surface area contributed by atoms with Gasteiger partial charge in [-0.3, -0.25) is 14.7 Å². The molecule has 0 saturated carbocycles. The van der Waals surface area contributed by atoms with Gasteiger partial charge in [-0.15, -0.1) is 0 Å². The summed E-state index contributed by atoms with van der Waals surface area (Å²) in [4.78, 5) is 23.8. The van der Waals surface area contributed by atoms with E-state index in [9.17, 15) is 4.79 Å². The second-order valence-electron chi connectivity index (χ2n) is 7.55. The monoisotopic (exact) mass is 394 g/mol. The van der Waals surface area contributed by atoms with Gasteiger partial charge in [0.25, 0.3) is 5.91 Å². The molecule has 3 aliphatic heterocycles. The number of hydrogen-bond donors (Lipinski definition) is 1. The van der Waals surface area contributed by atoms with Crippen molar-refractivity contribution < 1.29 is 19.0 Å². The van der Waals surface area contributed by atoms with Gasteiger partial charge in [-0.05, 0) is 23.8 Å². The maximum Gasteiger partial charge on any atom is 0.262 e. The minimum atomic E-state index is -1.14. The van der Waals surface area contributed by atoms with Gasteiger partial charge in [-0.1, -0.05) is 6.07 Å². The molecule has 29 heavy (non-hydrogen) atoms. The number of fused-ring (bicyclic) bond motifs is 4. The molecule has 5 rings (SSSR count). The molecular weight excluding hydrogens is 372 g/mol. The van der Waals surface area contributed by atoms with Gasteiger partial charge in [0.2, 0.25) is 0 Å². The van der Waals surface area contributed by atoms with Gasteiger partial charge < -0.3 is 19.9 Å². The van der Waals surface area contributed by atoms with Crippen molar-refractivity contribution in [2.45, 2.75) is 18.1 Å². The fourth-order valence-electron chi connectivity index (χ4n) is 4.49. The lowest BCUT2D eigenvalue weighted by molar-refractivity contribution is -0.141. The van der Waals surface area contributed by atoms with Crippen LogP contribution in [0.4, 0.5) is 0 Å². The summed E-state index contributed by atoms with van der Waals surface area (Å²) in [6, 6.07) is 7.70. The smallest absolute Gasteiger partial charge is 0.262 e. The number of hydrogen-bond acceptors (Lipinski definition) is 7. The summed E-state index contributed by atoms with van der Waals surface area (Å²) in [5.41, 5.74) is 7.43. The highest BCUT2D eigenvalue weighted by Crippen LogP contribution is 2.51. The number of nitrogens with zero attached hydrogens (tertiary/aromatic N) is 3. The minimum absolute atomic E-state index is 0.146. The Bertz CT molecular complexity index is 1020. The molecule has 0 radical (unpaired) electrons. The van der Waals surface area contributed by atoms with E-state index >= 15 is 0 Å². The van der Waals surface area contributed by atoms with Gasteiger partial charge in [0, 0.05) is 30.8 Å². The van der Waals surface area contributed by atoms with E-state index in [0.717, 1.165) is 11.1 Å². The molecule has 1 aromatic heterocycles. The molecule has 1 fully saturated rings. The number of nitrogens with two attached hydrogens (primary N) is 1. The average molecular weight is 394 g/mol. The van der Waals surface area contributed by atoms with E-state index in [-0.39, 0.29) is 23.9 Å². The number of carbonyl (C=O) groups excluding carboxylic acids is 1. The Kier molecular flexibility index (Phi) is 3.99. The summed E-state index contributed by atoms with van der Waals surface area (Å²) >= 11 is 0. The SMILES string of the molecule is COc1cncc(-c2ccc3c(c2)[C@]2(N=C(N)N(C)C2=O)C2COCCC2O3)c1. The predicted octanol–water partition coefficient (Wildman–Crippen LogP) is 1.54. The highest BCUT2D eigenvalue weighted by molar-refractivity contribution is 6.07. The van der Waals surface area contributed by atoms with Crippen LogP contribution in [0.25, 0.3) is 11.1 Å². The molecule has 150 valence electrons. The topological polar surface area (TPSA) is 99.3 Å². The lowest BCUT2D eigenvalue weighted by atomic mass is 9.71. The number of pyridine rings is 1. The number of aliphatic imine (C=N–C) groups is 1. The lowest BCUT2D eigenvalue weighted by Crippen LogP contribution is -2.56. The van der Waals surface area contributed by atoms with Gasteiger partial charge in [-0.25, -0.2) is 4.99 Å². The third-order valence-electron chi connectivity index (χ3n) is 6.05. The van der Waals surface area contributed by atoms with E-state index < -0.39 is 5.54 Å². The number of ether oxygens (including phenoxy) is 3. The van der Waals surface area contributed by atoms with E-state index in [4.69, 9.17) is 24.9 Å². The van der Waals surface area contributed by atoms with Crippen LogP contribution in [0.2, 0.25) is 0 Å². The molecule has 4 heterocycles. The van der Waals surface area contributed by atoms with Gasteiger partial charge in [0.15, 0.2) is 11.5 Å². The van der Waals surface area contributed by atoms with E-state index in [1.807, 2.05) is 24.3 Å². The van der Waals surface area contributed by atoms with Crippen LogP contribution in [0.5, 0.6) is 11.5 Å². The third-order valence-corrected chi connectivity index (χ3v) is 6.05. The van der Waals surface area contributed by atoms with Crippen molar-refractivity contribution in [3.8, 4) is 22.6 Å². The number of amides is 1. The molecule has 8 heteroatoms. The van der Waals surface area contributed by atoms with Crippen molar-refractivity contribution in [1.82, 2.24) is 9.88 Å². The molecule has 8 nitrogen and oxygen atoms in total. The van der Waals surface area contributed by atoms with Crippen molar-refractivity contribution in [2.75, 3.05) is 27.4 Å². The van der Waals surface area contributed by atoms with Crippen molar-refractivity contribution in [1.29, 1.82) is 0 Å². The second-order valence-corrected chi connectivity index (χ2v) is 7.55. The quantitative estimate of drug-likeness (QED) is 0.829. The maximum absolute atomic E-state index is 13.4. The number of aromatic nitrogens is 1. The Labute approximate surface area is 168 Å². The molecule has 0 aliphatic carbocycles. The summed E-state index contributed by atoms with van der Waals surface area (Å²) in [5.74, 6) is 1.14. The highest BCUT2D eigenvalue weighted by atomic mass is 16.5. The number of methoxy groups -OCH3 is 1. The molecular formula is C21H22N4O4. The lowest BCUT2D eigenvalue weighted by Gasteiger charge is -2.45. The van der Waals surface area contributed by atoms with E-state index in [0.29, 0.717) is 36.7 Å². The Balaban J connectivity index is 1.70. The summed E-state index contributed by atoms with van der Waals surface area (Å²) in [7, 11) is 3.25. The first-order chi connectivity index (χ1) is 14.0. The van der Waals surface area contributed by atoms with Crippen molar-refractivity contribution in [3.63, 3.8) is 0 Å². The summed E-state index contributed by atoms with van der Waals surface area (Å²) in [6.45, 7) is 0.995. The number of likely N-dealkylation sites (N-methyl/N-ethyl adjacent to an activating group) is 1. The average Bonchev–Trinajstić information content (AvgIpc) is 2.98. The zero-order valence-corrected chi connectivity index (χ0v) is 16.3. The van der Waals surface area contributed by atoms with Gasteiger partial charge >= 0.3 is 0 Å². The van der Waals surface area contributed by atoms with E-state index in [1.54, 1.807) is 26.6 Å². The molecule has 2 N–H and O–H groups in total. The first-order valence-electron chi connectivity index (χ1n) is 9.56. The van der Waals surface area contributed by atoms with Gasteiger partial charge in [-0.2, -0.15) is 0 Å². The normalized spacial score (nSPS) is 27.9. The molecule has 2 aromatic rings. The molecule has 3 aliphatic rings. The largest absolute Gasteiger partial charge is 0.495 e. The van der Waals surface area contributed by atoms with Crippen LogP contribution in [-0.2, 0) is 15.1 Å². The molecule has 3 atom stereocenters. The van der Waals surface area contributed by atoms with Crippen LogP contribution < -0.4 is 15.2 Å². The molecule has 1 saturated heterocycles. The van der Waals surface area contributed by atoms with Crippen LogP contribution in [0.15, 0.2) is 41.7 Å². The fourth-order valence-corrected chi connectivity index (χ4v) is 4.49. The van der Waals surface area contributed by atoms with Crippen molar-refractivity contribution in [3.05, 3.63) is 42.2 Å². The van der Waals surface area contributed by atoms with Crippen molar-refractivity contribution in [2.24, 2.45) is 16.6 Å². The zero-order chi connectivity index (χ0) is 20.2. The highest BCUT2D eigenvalue weighted by Gasteiger charge is 2.60. The molecule has 0 bridgehead atoms. The van der Waals surface area contributed by atoms with Gasteiger partial charge in [0.1, 0.15) is 17.6 Å². The molecule has 2 unspecified atom stereocenters. The molecule has 1 spiro atoms. The van der Waals surface area contributed by atoms with Crippen LogP contribution >= 0.6 is 0 Å². The van der Waals surface area contributed by atoms with Crippen molar-refractivity contribution >= 4 is 11.9 Å². The number of guanidine groups is 1. The van der Waals surface area contributed by atoms with Gasteiger partial charge in [0.05, 0.1) is 32.4 Å². The zero-order valence-electron chi connectivity index (χ0n) is 16.3. The van der Waals surface area contributed by atoms with E-state index in [2.05, 4.69) is 4.98 Å². The van der Waals surface area contributed by atoms with Crippen LogP contribution in [-0.4, -0.2) is 55.2 Å². The molecule has 1 aromatic carbocycles. The Morgan fingerprint density at radius 2 is 2.14 bits per heavy atom. The fraction of sp³-hybridized carbons (Fsp3) is 0.381. The summed E-state index contributed by atoms with van der Waals surface area (Å²) in [6.07, 6.45) is 3.97. The predicted molar refractivity (Wildman–Crippen MR) is 106 cm³/mol. The third kappa shape index (κ3) is 2.52. The van der Waals surface area contributed by atoms with Crippen LogP contribution in [0.3, 0.4) is 0 Å². The standard InChI is InChI=1S/C21H22N4O4/c1-25-19(26)21(24-20(25)22)15-8-12(13-7-14(27-2)10-23-9-13)3-4-17(15)29-18-5-6-28-11-16(18)21/h3-4,7-10,16,18H,5-6,11H2,1-2H3,(H2,22,24)/t16?,18?,21-/m0/s1. The number of rotatable bonds is 2. The Morgan fingerprint density at radius 3 is 2.90 bits per heavy atom. The number of benzene rings is 1. The minimum Gasteiger partial charge on any atom is -0.495 e. The summed E-state index contributed by atoms with van der Waals surface area (Å²) in [5, 5.41) is 0. The molecule has 1 amide bonds. The van der Waals surface area contributed by atoms with E-state index in [1.165, 1.54) is 4.90 Å². The van der Waals surface area contributed by atoms with Crippen LogP contribution in [0.1, 0.15) is 12.0 Å².